The van der Waals surface area contributed by atoms with Crippen LogP contribution in [0.2, 0.25) is 0 Å². The topological polar surface area (TPSA) is 70.5 Å². The molecule has 0 aliphatic rings. The van der Waals surface area contributed by atoms with Crippen molar-refractivity contribution in [2.45, 2.75) is 18.6 Å². The first-order chi connectivity index (χ1) is 7.98. The molecular formula is C11H18N2O3S. The number of likely N-dealkylation sites (N-methyl/N-ethyl adjacent to an activating group) is 1. The van der Waals surface area contributed by atoms with Gasteiger partial charge in [0.05, 0.1) is 11.9 Å². The van der Waals surface area contributed by atoms with Gasteiger partial charge in [0.1, 0.15) is 0 Å². The highest BCUT2D eigenvalue weighted by Gasteiger charge is 2.24. The molecule has 1 aromatic heterocycles. The van der Waals surface area contributed by atoms with E-state index >= 15 is 0 Å². The van der Waals surface area contributed by atoms with Gasteiger partial charge < -0.3 is 5.11 Å². The Balaban J connectivity index is 2.59. The molecular weight excluding hydrogens is 240 g/mol. The van der Waals surface area contributed by atoms with Crippen molar-refractivity contribution in [2.75, 3.05) is 20.2 Å². The second kappa shape index (κ2) is 6.09. The van der Waals surface area contributed by atoms with E-state index in [2.05, 4.69) is 4.98 Å². The van der Waals surface area contributed by atoms with Gasteiger partial charge in [0.15, 0.2) is 0 Å². The summed E-state index contributed by atoms with van der Waals surface area (Å²) in [5, 5.41) is 8.13. The highest BCUT2D eigenvalue weighted by molar-refractivity contribution is 7.89. The van der Waals surface area contributed by atoms with E-state index in [-0.39, 0.29) is 6.61 Å². The van der Waals surface area contributed by atoms with Crippen LogP contribution < -0.4 is 0 Å². The molecule has 0 radical (unpaired) electrons. The van der Waals surface area contributed by atoms with Gasteiger partial charge in [-0.05, 0) is 31.0 Å². The molecule has 0 fully saturated rings. The van der Waals surface area contributed by atoms with Crippen LogP contribution in [-0.2, 0) is 16.4 Å². The van der Waals surface area contributed by atoms with Crippen molar-refractivity contribution < 1.29 is 13.5 Å². The summed E-state index contributed by atoms with van der Waals surface area (Å²) in [6, 6.07) is 3.71. The van der Waals surface area contributed by atoms with Gasteiger partial charge in [-0.2, -0.15) is 0 Å². The standard InChI is InChI=1S/C11H18N2O3S/c1-10(9-14)17(15,16)13(2)8-5-11-3-6-12-7-4-11/h3-4,6-7,10,14H,5,8-9H2,1-2H3. The molecule has 1 rings (SSSR count). The molecule has 0 aromatic carbocycles. The smallest absolute Gasteiger partial charge is 0.218 e. The second-order valence-electron chi connectivity index (χ2n) is 3.97. The highest BCUT2D eigenvalue weighted by atomic mass is 32.2. The molecule has 1 unspecified atom stereocenters. The van der Waals surface area contributed by atoms with Crippen LogP contribution in [-0.4, -0.2) is 48.3 Å². The molecule has 1 N–H and O–H groups in total. The molecule has 96 valence electrons. The molecule has 1 atom stereocenters. The van der Waals surface area contributed by atoms with Crippen LogP contribution in [0.15, 0.2) is 24.5 Å². The van der Waals surface area contributed by atoms with Crippen molar-refractivity contribution >= 4 is 10.0 Å². The zero-order chi connectivity index (χ0) is 12.9. The predicted molar refractivity (Wildman–Crippen MR) is 66.0 cm³/mol. The molecule has 0 saturated heterocycles. The van der Waals surface area contributed by atoms with E-state index in [0.717, 1.165) is 5.56 Å². The Bertz CT molecular complexity index is 433. The fraction of sp³-hybridized carbons (Fsp3) is 0.545. The van der Waals surface area contributed by atoms with E-state index < -0.39 is 15.3 Å². The number of aromatic nitrogens is 1. The maximum absolute atomic E-state index is 11.8. The lowest BCUT2D eigenvalue weighted by Gasteiger charge is -2.20. The second-order valence-corrected chi connectivity index (χ2v) is 6.42. The van der Waals surface area contributed by atoms with Crippen molar-refractivity contribution in [1.29, 1.82) is 0 Å². The Morgan fingerprint density at radius 3 is 2.53 bits per heavy atom. The number of hydrogen-bond donors (Lipinski definition) is 1. The first-order valence-corrected chi connectivity index (χ1v) is 6.93. The summed E-state index contributed by atoms with van der Waals surface area (Å²) in [6.07, 6.45) is 4.00. The summed E-state index contributed by atoms with van der Waals surface area (Å²) in [4.78, 5) is 3.90. The molecule has 1 aromatic rings. The minimum absolute atomic E-state index is 0.359. The molecule has 0 aliphatic carbocycles. The number of nitrogens with zero attached hydrogens (tertiary/aromatic N) is 2. The van der Waals surface area contributed by atoms with Crippen LogP contribution in [0.1, 0.15) is 12.5 Å². The maximum atomic E-state index is 11.8. The molecule has 0 amide bonds. The lowest BCUT2D eigenvalue weighted by Crippen LogP contribution is -2.37. The van der Waals surface area contributed by atoms with Crippen molar-refractivity contribution in [3.63, 3.8) is 0 Å². The van der Waals surface area contributed by atoms with Crippen molar-refractivity contribution in [3.8, 4) is 0 Å². The minimum atomic E-state index is -3.39. The van der Waals surface area contributed by atoms with Crippen LogP contribution in [0, 0.1) is 0 Å². The Labute approximate surface area is 102 Å². The lowest BCUT2D eigenvalue weighted by atomic mass is 10.2. The fourth-order valence-electron chi connectivity index (χ4n) is 1.36. The lowest BCUT2D eigenvalue weighted by molar-refractivity contribution is 0.291. The molecule has 0 spiro atoms. The van der Waals surface area contributed by atoms with Gasteiger partial charge >= 0.3 is 0 Å². The summed E-state index contributed by atoms with van der Waals surface area (Å²) in [5.74, 6) is 0. The van der Waals surface area contributed by atoms with E-state index in [1.54, 1.807) is 12.4 Å². The third-order valence-electron chi connectivity index (χ3n) is 2.66. The van der Waals surface area contributed by atoms with Gasteiger partial charge in [-0.1, -0.05) is 0 Å². The summed E-state index contributed by atoms with van der Waals surface area (Å²) in [6.45, 7) is 1.54. The Kier molecular flexibility index (Phi) is 5.04. The SMILES string of the molecule is CC(CO)S(=O)(=O)N(C)CCc1ccncc1. The fourth-order valence-corrected chi connectivity index (χ4v) is 2.51. The Morgan fingerprint density at radius 1 is 1.41 bits per heavy atom. The molecule has 17 heavy (non-hydrogen) atoms. The molecule has 1 heterocycles. The summed E-state index contributed by atoms with van der Waals surface area (Å²) in [5.41, 5.74) is 1.04. The van der Waals surface area contributed by atoms with E-state index in [9.17, 15) is 8.42 Å². The van der Waals surface area contributed by atoms with Crippen molar-refractivity contribution in [3.05, 3.63) is 30.1 Å². The van der Waals surface area contributed by atoms with Crippen molar-refractivity contribution in [1.82, 2.24) is 9.29 Å². The number of hydrogen-bond acceptors (Lipinski definition) is 4. The monoisotopic (exact) mass is 258 g/mol. The summed E-state index contributed by atoms with van der Waals surface area (Å²) < 4.78 is 25.0. The van der Waals surface area contributed by atoms with Crippen LogP contribution >= 0.6 is 0 Å². The Morgan fingerprint density at radius 2 is 2.00 bits per heavy atom. The minimum Gasteiger partial charge on any atom is -0.395 e. The quantitative estimate of drug-likeness (QED) is 0.795. The average molecular weight is 258 g/mol. The largest absolute Gasteiger partial charge is 0.395 e. The average Bonchev–Trinajstić information content (AvgIpc) is 2.35. The zero-order valence-corrected chi connectivity index (χ0v) is 10.9. The number of aliphatic hydroxyl groups is 1. The van der Waals surface area contributed by atoms with E-state index in [1.807, 2.05) is 12.1 Å². The van der Waals surface area contributed by atoms with E-state index in [1.165, 1.54) is 18.3 Å². The first-order valence-electron chi connectivity index (χ1n) is 5.43. The maximum Gasteiger partial charge on any atom is 0.218 e. The van der Waals surface area contributed by atoms with Gasteiger partial charge in [0, 0.05) is 26.0 Å². The third-order valence-corrected chi connectivity index (χ3v) is 4.88. The van der Waals surface area contributed by atoms with Gasteiger partial charge in [0.25, 0.3) is 0 Å². The molecule has 0 bridgehead atoms. The number of sulfonamides is 1. The van der Waals surface area contributed by atoms with Crippen molar-refractivity contribution in [2.24, 2.45) is 0 Å². The van der Waals surface area contributed by atoms with E-state index in [0.29, 0.717) is 13.0 Å². The predicted octanol–water partition coefficient (Wildman–Crippen LogP) is 0.266. The van der Waals surface area contributed by atoms with E-state index in [4.69, 9.17) is 5.11 Å². The summed E-state index contributed by atoms with van der Waals surface area (Å²) >= 11 is 0. The summed E-state index contributed by atoms with van der Waals surface area (Å²) in [7, 11) is -1.86. The highest BCUT2D eigenvalue weighted by Crippen LogP contribution is 2.08. The van der Waals surface area contributed by atoms with Crippen LogP contribution in [0.5, 0.6) is 0 Å². The number of aliphatic hydroxyl groups excluding tert-OH is 1. The Hall–Kier alpha value is -0.980. The van der Waals surface area contributed by atoms with Gasteiger partial charge in [-0.3, -0.25) is 4.98 Å². The first kappa shape index (κ1) is 14.1. The molecule has 6 heteroatoms. The number of rotatable bonds is 6. The third kappa shape index (κ3) is 3.76. The molecule has 0 aliphatic heterocycles. The van der Waals surface area contributed by atoms with Gasteiger partial charge in [0.2, 0.25) is 10.0 Å². The normalized spacial score (nSPS) is 13.9. The van der Waals surface area contributed by atoms with Gasteiger partial charge in [-0.25, -0.2) is 12.7 Å². The van der Waals surface area contributed by atoms with Crippen LogP contribution in [0.4, 0.5) is 0 Å². The molecule has 5 nitrogen and oxygen atoms in total. The van der Waals surface area contributed by atoms with Crippen LogP contribution in [0.3, 0.4) is 0 Å². The number of pyridine rings is 1. The van der Waals surface area contributed by atoms with Gasteiger partial charge in [-0.15, -0.1) is 0 Å². The van der Waals surface area contributed by atoms with Crippen LogP contribution in [0.25, 0.3) is 0 Å². The zero-order valence-electron chi connectivity index (χ0n) is 10.1. The molecule has 0 saturated carbocycles.